The number of carbonyl (C=O) groups is 1. The van der Waals surface area contributed by atoms with Crippen LogP contribution in [0.15, 0.2) is 24.3 Å². The number of benzene rings is 1. The smallest absolute Gasteiger partial charge is 0.322 e. The van der Waals surface area contributed by atoms with E-state index < -0.39 is 0 Å². The van der Waals surface area contributed by atoms with Gasteiger partial charge in [0.05, 0.1) is 6.61 Å². The van der Waals surface area contributed by atoms with Crippen LogP contribution in [0.1, 0.15) is 24.8 Å². The van der Waals surface area contributed by atoms with Gasteiger partial charge in [-0.2, -0.15) is 0 Å². The topological polar surface area (TPSA) is 41.6 Å². The molecule has 4 heteroatoms. The molecule has 20 heavy (non-hydrogen) atoms. The highest BCUT2D eigenvalue weighted by molar-refractivity contribution is 5.89. The molecule has 1 heterocycles. The molecule has 4 nitrogen and oxygen atoms in total. The molecule has 2 aliphatic rings. The highest BCUT2D eigenvalue weighted by Crippen LogP contribution is 2.29. The number of hydrogen-bond acceptors (Lipinski definition) is 2. The van der Waals surface area contributed by atoms with Crippen molar-refractivity contribution < 1.29 is 9.53 Å². The van der Waals surface area contributed by atoms with Crippen molar-refractivity contribution in [1.82, 2.24) is 4.90 Å². The van der Waals surface area contributed by atoms with Gasteiger partial charge in [0.1, 0.15) is 0 Å². The minimum absolute atomic E-state index is 0.0308. The molecular formula is C16H22N2O2. The number of anilines is 1. The maximum atomic E-state index is 12.4. The molecule has 0 spiro atoms. The first kappa shape index (κ1) is 13.4. The van der Waals surface area contributed by atoms with E-state index in [1.54, 1.807) is 0 Å². The van der Waals surface area contributed by atoms with Crippen molar-refractivity contribution in [3.8, 4) is 0 Å². The summed E-state index contributed by atoms with van der Waals surface area (Å²) in [6.07, 6.45) is 3.34. The van der Waals surface area contributed by atoms with E-state index in [-0.39, 0.29) is 6.03 Å². The summed E-state index contributed by atoms with van der Waals surface area (Å²) in [6.45, 7) is 4.49. The van der Waals surface area contributed by atoms with Crippen molar-refractivity contribution >= 4 is 11.7 Å². The zero-order valence-electron chi connectivity index (χ0n) is 12.0. The fourth-order valence-corrected chi connectivity index (χ4v) is 2.62. The van der Waals surface area contributed by atoms with Gasteiger partial charge in [-0.1, -0.05) is 17.7 Å². The molecular weight excluding hydrogens is 252 g/mol. The lowest BCUT2D eigenvalue weighted by Crippen LogP contribution is -2.40. The van der Waals surface area contributed by atoms with E-state index in [1.807, 2.05) is 36.1 Å². The van der Waals surface area contributed by atoms with Gasteiger partial charge >= 0.3 is 6.03 Å². The van der Waals surface area contributed by atoms with Gasteiger partial charge in [-0.05, 0) is 38.3 Å². The van der Waals surface area contributed by atoms with Crippen molar-refractivity contribution in [2.24, 2.45) is 5.92 Å². The SMILES string of the molecule is Cc1ccc(NC(=O)N(C[C@@H]2CCOC2)C2CC2)cc1. The third kappa shape index (κ3) is 3.31. The Morgan fingerprint density at radius 1 is 1.30 bits per heavy atom. The van der Waals surface area contributed by atoms with Crippen molar-refractivity contribution in [1.29, 1.82) is 0 Å². The largest absolute Gasteiger partial charge is 0.381 e. The van der Waals surface area contributed by atoms with Crippen molar-refractivity contribution in [3.05, 3.63) is 29.8 Å². The summed E-state index contributed by atoms with van der Waals surface area (Å²) in [6, 6.07) is 8.40. The Morgan fingerprint density at radius 2 is 2.05 bits per heavy atom. The number of ether oxygens (including phenoxy) is 1. The number of nitrogens with one attached hydrogen (secondary N) is 1. The number of carbonyl (C=O) groups excluding carboxylic acids is 1. The number of aryl methyl sites for hydroxylation is 1. The van der Waals surface area contributed by atoms with Crippen LogP contribution in [0.3, 0.4) is 0 Å². The van der Waals surface area contributed by atoms with E-state index in [9.17, 15) is 4.79 Å². The lowest BCUT2D eigenvalue weighted by molar-refractivity contribution is 0.167. The van der Waals surface area contributed by atoms with Crippen LogP contribution < -0.4 is 5.32 Å². The normalized spacial score (nSPS) is 21.8. The molecule has 3 rings (SSSR count). The van der Waals surface area contributed by atoms with Crippen LogP contribution in [0.4, 0.5) is 10.5 Å². The quantitative estimate of drug-likeness (QED) is 0.917. The van der Waals surface area contributed by atoms with Gasteiger partial charge in [-0.15, -0.1) is 0 Å². The Bertz CT molecular complexity index is 462. The van der Waals surface area contributed by atoms with Crippen LogP contribution in [0.2, 0.25) is 0 Å². The molecule has 108 valence electrons. The molecule has 1 aromatic carbocycles. The lowest BCUT2D eigenvalue weighted by atomic mass is 10.1. The number of nitrogens with zero attached hydrogens (tertiary/aromatic N) is 1. The summed E-state index contributed by atoms with van der Waals surface area (Å²) in [5.74, 6) is 0.499. The molecule has 1 aliphatic heterocycles. The van der Waals surface area contributed by atoms with E-state index in [0.29, 0.717) is 12.0 Å². The summed E-state index contributed by atoms with van der Waals surface area (Å²) >= 11 is 0. The number of amides is 2. The van der Waals surface area contributed by atoms with E-state index in [0.717, 1.165) is 44.7 Å². The molecule has 1 aliphatic carbocycles. The third-order valence-electron chi connectivity index (χ3n) is 4.03. The molecule has 0 radical (unpaired) electrons. The summed E-state index contributed by atoms with van der Waals surface area (Å²) in [4.78, 5) is 14.4. The molecule has 1 aromatic rings. The fourth-order valence-electron chi connectivity index (χ4n) is 2.62. The molecule has 0 bridgehead atoms. The average molecular weight is 274 g/mol. The van der Waals surface area contributed by atoms with Crippen LogP contribution in [0.5, 0.6) is 0 Å². The minimum atomic E-state index is 0.0308. The maximum Gasteiger partial charge on any atom is 0.322 e. The molecule has 1 saturated carbocycles. The van der Waals surface area contributed by atoms with E-state index in [2.05, 4.69) is 5.32 Å². The van der Waals surface area contributed by atoms with Gasteiger partial charge in [0, 0.05) is 30.8 Å². The molecule has 1 saturated heterocycles. The zero-order valence-corrected chi connectivity index (χ0v) is 12.0. The molecule has 2 amide bonds. The second-order valence-electron chi connectivity index (χ2n) is 5.91. The van der Waals surface area contributed by atoms with Crippen molar-refractivity contribution in [2.45, 2.75) is 32.2 Å². The molecule has 0 unspecified atom stereocenters. The van der Waals surface area contributed by atoms with Gasteiger partial charge in [-0.25, -0.2) is 4.79 Å². The first-order chi connectivity index (χ1) is 9.72. The predicted molar refractivity (Wildman–Crippen MR) is 78.9 cm³/mol. The van der Waals surface area contributed by atoms with Gasteiger partial charge < -0.3 is 15.0 Å². The highest BCUT2D eigenvalue weighted by Gasteiger charge is 2.34. The van der Waals surface area contributed by atoms with Crippen molar-refractivity contribution in [2.75, 3.05) is 25.1 Å². The van der Waals surface area contributed by atoms with Crippen LogP contribution in [0.25, 0.3) is 0 Å². The van der Waals surface area contributed by atoms with Gasteiger partial charge in [0.2, 0.25) is 0 Å². The first-order valence-corrected chi connectivity index (χ1v) is 7.44. The van der Waals surface area contributed by atoms with Gasteiger partial charge in [0.15, 0.2) is 0 Å². The summed E-state index contributed by atoms with van der Waals surface area (Å²) in [5, 5.41) is 3.01. The maximum absolute atomic E-state index is 12.4. The Balaban J connectivity index is 1.61. The monoisotopic (exact) mass is 274 g/mol. The second-order valence-corrected chi connectivity index (χ2v) is 5.91. The second kappa shape index (κ2) is 5.83. The third-order valence-corrected chi connectivity index (χ3v) is 4.03. The van der Waals surface area contributed by atoms with Gasteiger partial charge in [0.25, 0.3) is 0 Å². The standard InChI is InChI=1S/C16H22N2O2/c1-12-2-4-14(5-3-12)17-16(19)18(15-6-7-15)10-13-8-9-20-11-13/h2-5,13,15H,6-11H2,1H3,(H,17,19)/t13-/m0/s1. The predicted octanol–water partition coefficient (Wildman–Crippen LogP) is 3.03. The number of urea groups is 1. The lowest BCUT2D eigenvalue weighted by Gasteiger charge is -2.25. The minimum Gasteiger partial charge on any atom is -0.381 e. The highest BCUT2D eigenvalue weighted by atomic mass is 16.5. The van der Waals surface area contributed by atoms with Gasteiger partial charge in [-0.3, -0.25) is 0 Å². The molecule has 1 atom stereocenters. The fraction of sp³-hybridized carbons (Fsp3) is 0.562. The number of rotatable bonds is 4. The molecule has 0 aromatic heterocycles. The van der Waals surface area contributed by atoms with Crippen molar-refractivity contribution in [3.63, 3.8) is 0 Å². The first-order valence-electron chi connectivity index (χ1n) is 7.44. The summed E-state index contributed by atoms with van der Waals surface area (Å²) in [5.41, 5.74) is 2.07. The Kier molecular flexibility index (Phi) is 3.92. The average Bonchev–Trinajstić information content (AvgIpc) is 3.15. The summed E-state index contributed by atoms with van der Waals surface area (Å²) < 4.78 is 5.41. The Labute approximate surface area is 120 Å². The van der Waals surface area contributed by atoms with Crippen LogP contribution in [0, 0.1) is 12.8 Å². The van der Waals surface area contributed by atoms with Crippen LogP contribution in [-0.2, 0) is 4.74 Å². The van der Waals surface area contributed by atoms with E-state index in [4.69, 9.17) is 4.74 Å². The van der Waals surface area contributed by atoms with Crippen LogP contribution in [-0.4, -0.2) is 36.7 Å². The van der Waals surface area contributed by atoms with E-state index >= 15 is 0 Å². The zero-order chi connectivity index (χ0) is 13.9. The van der Waals surface area contributed by atoms with E-state index in [1.165, 1.54) is 5.56 Å². The molecule has 1 N–H and O–H groups in total. The Morgan fingerprint density at radius 3 is 2.65 bits per heavy atom. The molecule has 2 fully saturated rings. The number of hydrogen-bond donors (Lipinski definition) is 1. The Hall–Kier alpha value is -1.55. The summed E-state index contributed by atoms with van der Waals surface area (Å²) in [7, 11) is 0. The van der Waals surface area contributed by atoms with Crippen LogP contribution >= 0.6 is 0 Å².